The van der Waals surface area contributed by atoms with E-state index in [1.54, 1.807) is 18.3 Å². The number of aromatic nitrogens is 1. The number of hydrogen-bond acceptors (Lipinski definition) is 3. The predicted octanol–water partition coefficient (Wildman–Crippen LogP) is 3.56. The number of nitro benzene ring substituents is 1. The maximum absolute atomic E-state index is 10.8. The van der Waals surface area contributed by atoms with Crippen LogP contribution < -0.4 is 0 Å². The third kappa shape index (κ3) is 1.80. The molecule has 0 aliphatic rings. The molecule has 6 heteroatoms. The molecule has 0 aliphatic heterocycles. The Morgan fingerprint density at radius 1 is 1.47 bits per heavy atom. The van der Waals surface area contributed by atoms with Gasteiger partial charge in [0.15, 0.2) is 0 Å². The summed E-state index contributed by atoms with van der Waals surface area (Å²) in [5, 5.41) is 11.4. The van der Waals surface area contributed by atoms with Crippen molar-refractivity contribution in [3.63, 3.8) is 0 Å². The van der Waals surface area contributed by atoms with Crippen molar-refractivity contribution >= 4 is 44.1 Å². The van der Waals surface area contributed by atoms with E-state index < -0.39 is 4.92 Å². The van der Waals surface area contributed by atoms with Gasteiger partial charge in [-0.05, 0) is 34.1 Å². The van der Waals surface area contributed by atoms with Gasteiger partial charge < -0.3 is 0 Å². The number of halogens is 2. The van der Waals surface area contributed by atoms with E-state index in [1.807, 2.05) is 0 Å². The van der Waals surface area contributed by atoms with Gasteiger partial charge in [-0.15, -0.1) is 0 Å². The van der Waals surface area contributed by atoms with Crippen molar-refractivity contribution in [2.75, 3.05) is 0 Å². The summed E-state index contributed by atoms with van der Waals surface area (Å²) < 4.78 is 0.681. The molecule has 2 rings (SSSR count). The Balaban J connectivity index is 2.90. The van der Waals surface area contributed by atoms with Crippen LogP contribution in [0.4, 0.5) is 5.69 Å². The van der Waals surface area contributed by atoms with Crippen LogP contribution in [0.15, 0.2) is 28.9 Å². The molecule has 0 bridgehead atoms. The van der Waals surface area contributed by atoms with Gasteiger partial charge in [-0.25, -0.2) is 0 Å². The second-order valence-corrected chi connectivity index (χ2v) is 4.20. The lowest BCUT2D eigenvalue weighted by atomic mass is 10.2. The van der Waals surface area contributed by atoms with Crippen molar-refractivity contribution in [1.29, 1.82) is 0 Å². The fourth-order valence-electron chi connectivity index (χ4n) is 1.32. The molecule has 1 aromatic carbocycles. The van der Waals surface area contributed by atoms with E-state index in [0.717, 1.165) is 0 Å². The molecule has 1 heterocycles. The molecule has 2 aromatic rings. The molecule has 0 radical (unpaired) electrons. The summed E-state index contributed by atoms with van der Waals surface area (Å²) >= 11 is 8.98. The fourth-order valence-corrected chi connectivity index (χ4v) is 1.88. The number of rotatable bonds is 1. The molecule has 0 fully saturated rings. The fraction of sp³-hybridized carbons (Fsp3) is 0. The Labute approximate surface area is 98.2 Å². The van der Waals surface area contributed by atoms with Crippen LogP contribution in [-0.2, 0) is 0 Å². The van der Waals surface area contributed by atoms with Gasteiger partial charge in [0.1, 0.15) is 5.02 Å². The maximum Gasteiger partial charge on any atom is 0.297 e. The Hall–Kier alpha value is -1.20. The summed E-state index contributed by atoms with van der Waals surface area (Å²) in [7, 11) is 0. The number of benzene rings is 1. The van der Waals surface area contributed by atoms with Gasteiger partial charge in [-0.2, -0.15) is 0 Å². The van der Waals surface area contributed by atoms with Crippen molar-refractivity contribution in [2.24, 2.45) is 0 Å². The second-order valence-electron chi connectivity index (χ2n) is 2.87. The summed E-state index contributed by atoms with van der Waals surface area (Å²) in [4.78, 5) is 14.4. The lowest BCUT2D eigenvalue weighted by molar-refractivity contribution is -0.382. The highest BCUT2D eigenvalue weighted by atomic mass is 79.9. The molecule has 0 saturated heterocycles. The number of pyridine rings is 1. The predicted molar refractivity (Wildman–Crippen MR) is 61.1 cm³/mol. The maximum atomic E-state index is 10.8. The molecule has 1 aromatic heterocycles. The minimum absolute atomic E-state index is 0.108. The molecule has 4 nitrogen and oxygen atoms in total. The molecular formula is C9H4BrClN2O2. The van der Waals surface area contributed by atoms with Gasteiger partial charge in [0.25, 0.3) is 5.69 Å². The van der Waals surface area contributed by atoms with E-state index in [9.17, 15) is 10.1 Å². The first-order chi connectivity index (χ1) is 7.09. The molecule has 0 saturated carbocycles. The standard InChI is InChI=1S/C9H4BrClN2O2/c10-5-3-6-8(12-4-5)2-1-7(11)9(6)13(14)15/h1-4H. The van der Waals surface area contributed by atoms with Crippen LogP contribution in [0.25, 0.3) is 10.9 Å². The first-order valence-electron chi connectivity index (χ1n) is 3.98. The lowest BCUT2D eigenvalue weighted by Crippen LogP contribution is -1.92. The van der Waals surface area contributed by atoms with Crippen LogP contribution in [0.5, 0.6) is 0 Å². The van der Waals surface area contributed by atoms with Crippen molar-refractivity contribution in [2.45, 2.75) is 0 Å². The van der Waals surface area contributed by atoms with E-state index >= 15 is 0 Å². The van der Waals surface area contributed by atoms with Gasteiger partial charge >= 0.3 is 0 Å². The first kappa shape index (κ1) is 10.3. The van der Waals surface area contributed by atoms with Crippen molar-refractivity contribution in [1.82, 2.24) is 4.98 Å². The largest absolute Gasteiger partial charge is 0.297 e. The van der Waals surface area contributed by atoms with E-state index in [4.69, 9.17) is 11.6 Å². The van der Waals surface area contributed by atoms with Crippen molar-refractivity contribution in [3.8, 4) is 0 Å². The molecule has 15 heavy (non-hydrogen) atoms. The van der Waals surface area contributed by atoms with E-state index in [0.29, 0.717) is 15.4 Å². The Morgan fingerprint density at radius 2 is 2.20 bits per heavy atom. The first-order valence-corrected chi connectivity index (χ1v) is 5.15. The Kier molecular flexibility index (Phi) is 2.58. The third-order valence-electron chi connectivity index (χ3n) is 1.94. The van der Waals surface area contributed by atoms with Crippen LogP contribution in [0, 0.1) is 10.1 Å². The zero-order valence-electron chi connectivity index (χ0n) is 7.28. The minimum Gasteiger partial charge on any atom is -0.258 e. The van der Waals surface area contributed by atoms with E-state index in [1.165, 1.54) is 6.07 Å². The number of nitrogens with zero attached hydrogens (tertiary/aromatic N) is 2. The van der Waals surface area contributed by atoms with Crippen molar-refractivity contribution in [3.05, 3.63) is 44.0 Å². The highest BCUT2D eigenvalue weighted by Crippen LogP contribution is 2.33. The zero-order chi connectivity index (χ0) is 11.0. The molecule has 0 amide bonds. The normalized spacial score (nSPS) is 10.5. The minimum atomic E-state index is -0.501. The van der Waals surface area contributed by atoms with Crippen LogP contribution in [-0.4, -0.2) is 9.91 Å². The Bertz CT molecular complexity index is 554. The molecule has 0 unspecified atom stereocenters. The molecule has 76 valence electrons. The summed E-state index contributed by atoms with van der Waals surface area (Å²) in [6, 6.07) is 4.76. The number of hydrogen-bond donors (Lipinski definition) is 0. The zero-order valence-corrected chi connectivity index (χ0v) is 9.62. The highest BCUT2D eigenvalue weighted by Gasteiger charge is 2.17. The van der Waals surface area contributed by atoms with Gasteiger partial charge in [0.05, 0.1) is 15.8 Å². The monoisotopic (exact) mass is 286 g/mol. The van der Waals surface area contributed by atoms with Crippen molar-refractivity contribution < 1.29 is 4.92 Å². The van der Waals surface area contributed by atoms with Gasteiger partial charge in [0.2, 0.25) is 0 Å². The summed E-state index contributed by atoms with van der Waals surface area (Å²) in [6.07, 6.45) is 1.58. The average Bonchev–Trinajstić information content (AvgIpc) is 2.16. The van der Waals surface area contributed by atoms with Gasteiger partial charge in [-0.1, -0.05) is 11.6 Å². The summed E-state index contributed by atoms with van der Waals surface area (Å²) in [5.74, 6) is 0. The van der Waals surface area contributed by atoms with Crippen LogP contribution in [0.1, 0.15) is 0 Å². The third-order valence-corrected chi connectivity index (χ3v) is 2.68. The smallest absolute Gasteiger partial charge is 0.258 e. The van der Waals surface area contributed by atoms with Gasteiger partial charge in [0, 0.05) is 10.7 Å². The summed E-state index contributed by atoms with van der Waals surface area (Å²) in [6.45, 7) is 0. The highest BCUT2D eigenvalue weighted by molar-refractivity contribution is 9.10. The topological polar surface area (TPSA) is 56.0 Å². The number of fused-ring (bicyclic) bond motifs is 1. The van der Waals surface area contributed by atoms with Gasteiger partial charge in [-0.3, -0.25) is 15.1 Å². The number of nitro groups is 1. The van der Waals surface area contributed by atoms with E-state index in [2.05, 4.69) is 20.9 Å². The molecule has 0 spiro atoms. The molecule has 0 aliphatic carbocycles. The summed E-state index contributed by atoms with van der Waals surface area (Å²) in [5.41, 5.74) is 0.442. The molecular weight excluding hydrogens is 283 g/mol. The molecule has 0 N–H and O–H groups in total. The average molecular weight is 288 g/mol. The quantitative estimate of drug-likeness (QED) is 0.595. The Morgan fingerprint density at radius 3 is 2.87 bits per heavy atom. The SMILES string of the molecule is O=[N+]([O-])c1c(Cl)ccc2ncc(Br)cc12. The lowest BCUT2D eigenvalue weighted by Gasteiger charge is -2.00. The van der Waals surface area contributed by atoms with E-state index in [-0.39, 0.29) is 10.7 Å². The molecule has 0 atom stereocenters. The van der Waals surface area contributed by atoms with Crippen LogP contribution >= 0.6 is 27.5 Å². The van der Waals surface area contributed by atoms with Crippen LogP contribution in [0.2, 0.25) is 5.02 Å². The van der Waals surface area contributed by atoms with Crippen LogP contribution in [0.3, 0.4) is 0 Å². The second kappa shape index (κ2) is 3.75.